The fourth-order valence-corrected chi connectivity index (χ4v) is 1.82. The molecule has 0 saturated heterocycles. The van der Waals surface area contributed by atoms with Crippen LogP contribution in [0.4, 0.5) is 5.95 Å². The smallest absolute Gasteiger partial charge is 0.339 e. The largest absolute Gasteiger partial charge is 0.478 e. The lowest BCUT2D eigenvalue weighted by atomic mass is 10.2. The summed E-state index contributed by atoms with van der Waals surface area (Å²) < 4.78 is 0. The van der Waals surface area contributed by atoms with Crippen molar-refractivity contribution in [2.75, 3.05) is 5.32 Å². The highest BCUT2D eigenvalue weighted by Crippen LogP contribution is 2.08. The number of hydrogen-bond donors (Lipinski definition) is 2. The number of rotatable bonds is 4. The normalized spacial score (nSPS) is 10.2. The van der Waals surface area contributed by atoms with Gasteiger partial charge in [-0.25, -0.2) is 19.7 Å². The Hall–Kier alpha value is -2.02. The van der Waals surface area contributed by atoms with Gasteiger partial charge in [0.05, 0.1) is 29.0 Å². The minimum atomic E-state index is -1.02. The van der Waals surface area contributed by atoms with E-state index in [1.807, 2.05) is 5.38 Å². The van der Waals surface area contributed by atoms with Gasteiger partial charge < -0.3 is 10.4 Å². The molecule has 6 nitrogen and oxygen atoms in total. The van der Waals surface area contributed by atoms with Crippen molar-refractivity contribution >= 4 is 23.3 Å². The molecule has 0 saturated carbocycles. The van der Waals surface area contributed by atoms with Crippen LogP contribution in [0, 0.1) is 6.92 Å². The molecule has 0 amide bonds. The number of anilines is 1. The summed E-state index contributed by atoms with van der Waals surface area (Å²) in [5, 5.41) is 13.7. The molecule has 0 atom stereocenters. The lowest BCUT2D eigenvalue weighted by molar-refractivity contribution is 0.0695. The molecule has 0 aliphatic carbocycles. The van der Waals surface area contributed by atoms with E-state index in [9.17, 15) is 4.79 Å². The molecule has 2 aromatic heterocycles. The van der Waals surface area contributed by atoms with E-state index in [4.69, 9.17) is 5.11 Å². The zero-order chi connectivity index (χ0) is 12.3. The molecule has 0 radical (unpaired) electrons. The lowest BCUT2D eigenvalue weighted by Gasteiger charge is -2.04. The van der Waals surface area contributed by atoms with E-state index in [0.29, 0.717) is 18.2 Å². The number of carbonyl (C=O) groups is 1. The van der Waals surface area contributed by atoms with E-state index in [0.717, 1.165) is 5.69 Å². The van der Waals surface area contributed by atoms with Gasteiger partial charge in [0.15, 0.2) is 0 Å². The Balaban J connectivity index is 2.07. The molecular formula is C10H10N4O2S. The Morgan fingerprint density at radius 2 is 2.35 bits per heavy atom. The highest BCUT2D eigenvalue weighted by Gasteiger charge is 2.09. The van der Waals surface area contributed by atoms with Crippen LogP contribution >= 0.6 is 11.3 Å². The Bertz CT molecular complexity index is 527. The molecule has 2 N–H and O–H groups in total. The zero-order valence-electron chi connectivity index (χ0n) is 9.04. The minimum Gasteiger partial charge on any atom is -0.478 e. The summed E-state index contributed by atoms with van der Waals surface area (Å²) in [5.74, 6) is -0.617. The van der Waals surface area contributed by atoms with Gasteiger partial charge in [0.1, 0.15) is 0 Å². The molecule has 0 spiro atoms. The van der Waals surface area contributed by atoms with E-state index in [-0.39, 0.29) is 5.56 Å². The van der Waals surface area contributed by atoms with Crippen molar-refractivity contribution < 1.29 is 9.90 Å². The van der Waals surface area contributed by atoms with Crippen molar-refractivity contribution in [2.45, 2.75) is 13.5 Å². The molecular weight excluding hydrogens is 240 g/mol. The Morgan fingerprint density at radius 1 is 1.53 bits per heavy atom. The van der Waals surface area contributed by atoms with Gasteiger partial charge >= 0.3 is 5.97 Å². The summed E-state index contributed by atoms with van der Waals surface area (Å²) in [6, 6.07) is 0. The van der Waals surface area contributed by atoms with Gasteiger partial charge in [-0.1, -0.05) is 0 Å². The van der Waals surface area contributed by atoms with Crippen LogP contribution in [0.1, 0.15) is 21.7 Å². The molecule has 2 rings (SSSR count). The van der Waals surface area contributed by atoms with Gasteiger partial charge in [0.25, 0.3) is 0 Å². The number of carboxylic acid groups (broad SMARTS) is 1. The molecule has 0 bridgehead atoms. The number of aryl methyl sites for hydroxylation is 1. The third-order valence-corrected chi connectivity index (χ3v) is 2.76. The van der Waals surface area contributed by atoms with E-state index < -0.39 is 5.97 Å². The van der Waals surface area contributed by atoms with Crippen molar-refractivity contribution in [3.05, 3.63) is 34.0 Å². The van der Waals surface area contributed by atoms with E-state index >= 15 is 0 Å². The molecule has 88 valence electrons. The average Bonchev–Trinajstić information content (AvgIpc) is 2.78. The first-order valence-electron chi connectivity index (χ1n) is 4.84. The Morgan fingerprint density at radius 3 is 2.94 bits per heavy atom. The first-order valence-corrected chi connectivity index (χ1v) is 5.79. The average molecular weight is 250 g/mol. The number of nitrogens with one attached hydrogen (secondary N) is 1. The molecule has 0 unspecified atom stereocenters. The third-order valence-electron chi connectivity index (χ3n) is 2.12. The SMILES string of the molecule is Cc1nc(NCc2cscn2)ncc1C(=O)O. The zero-order valence-corrected chi connectivity index (χ0v) is 9.86. The molecule has 0 aromatic carbocycles. The van der Waals surface area contributed by atoms with Gasteiger partial charge in [-0.3, -0.25) is 0 Å². The minimum absolute atomic E-state index is 0.115. The maximum Gasteiger partial charge on any atom is 0.339 e. The second-order valence-electron chi connectivity index (χ2n) is 3.33. The lowest BCUT2D eigenvalue weighted by Crippen LogP contribution is -2.08. The molecule has 0 aliphatic rings. The van der Waals surface area contributed by atoms with Crippen molar-refractivity contribution in [3.63, 3.8) is 0 Å². The monoisotopic (exact) mass is 250 g/mol. The molecule has 0 aliphatic heterocycles. The fourth-order valence-electron chi connectivity index (χ4n) is 1.26. The highest BCUT2D eigenvalue weighted by atomic mass is 32.1. The van der Waals surface area contributed by atoms with Crippen LogP contribution in [0.3, 0.4) is 0 Å². The van der Waals surface area contributed by atoms with Crippen LogP contribution in [0.15, 0.2) is 17.1 Å². The number of carboxylic acids is 1. The maximum atomic E-state index is 10.8. The summed E-state index contributed by atoms with van der Waals surface area (Å²) >= 11 is 1.51. The molecule has 7 heteroatoms. The highest BCUT2D eigenvalue weighted by molar-refractivity contribution is 7.07. The van der Waals surface area contributed by atoms with Crippen molar-refractivity contribution in [3.8, 4) is 0 Å². The van der Waals surface area contributed by atoms with Gasteiger partial charge in [0, 0.05) is 11.6 Å². The van der Waals surface area contributed by atoms with Crippen molar-refractivity contribution in [1.29, 1.82) is 0 Å². The quantitative estimate of drug-likeness (QED) is 0.856. The van der Waals surface area contributed by atoms with E-state index in [1.165, 1.54) is 17.5 Å². The fraction of sp³-hybridized carbons (Fsp3) is 0.200. The number of thiazole rings is 1. The van der Waals surface area contributed by atoms with Crippen LogP contribution in [-0.2, 0) is 6.54 Å². The van der Waals surface area contributed by atoms with Crippen LogP contribution in [0.5, 0.6) is 0 Å². The van der Waals surface area contributed by atoms with E-state index in [2.05, 4.69) is 20.3 Å². The number of aromatic carboxylic acids is 1. The first kappa shape index (κ1) is 11.5. The Labute approximate surface area is 101 Å². The van der Waals surface area contributed by atoms with Gasteiger partial charge in [-0.05, 0) is 6.92 Å². The summed E-state index contributed by atoms with van der Waals surface area (Å²) in [5.41, 5.74) is 3.20. The topological polar surface area (TPSA) is 88.0 Å². The van der Waals surface area contributed by atoms with Crippen LogP contribution in [0.25, 0.3) is 0 Å². The maximum absolute atomic E-state index is 10.8. The first-order chi connectivity index (χ1) is 8.16. The predicted octanol–water partition coefficient (Wildman–Crippen LogP) is 1.55. The van der Waals surface area contributed by atoms with Crippen molar-refractivity contribution in [2.24, 2.45) is 0 Å². The van der Waals surface area contributed by atoms with Crippen LogP contribution < -0.4 is 5.32 Å². The van der Waals surface area contributed by atoms with Crippen molar-refractivity contribution in [1.82, 2.24) is 15.0 Å². The third kappa shape index (κ3) is 2.76. The summed E-state index contributed by atoms with van der Waals surface area (Å²) in [6.07, 6.45) is 1.30. The van der Waals surface area contributed by atoms with Gasteiger partial charge in [-0.2, -0.15) is 0 Å². The number of aromatic nitrogens is 3. The van der Waals surface area contributed by atoms with Crippen LogP contribution in [-0.4, -0.2) is 26.0 Å². The molecule has 2 aromatic rings. The Kier molecular flexibility index (Phi) is 3.29. The summed E-state index contributed by atoms with van der Waals surface area (Å²) in [4.78, 5) is 22.9. The van der Waals surface area contributed by atoms with Gasteiger partial charge in [0.2, 0.25) is 5.95 Å². The van der Waals surface area contributed by atoms with Gasteiger partial charge in [-0.15, -0.1) is 11.3 Å². The second kappa shape index (κ2) is 4.88. The summed E-state index contributed by atoms with van der Waals surface area (Å²) in [6.45, 7) is 2.16. The molecule has 0 fully saturated rings. The summed E-state index contributed by atoms with van der Waals surface area (Å²) in [7, 11) is 0. The second-order valence-corrected chi connectivity index (χ2v) is 4.05. The predicted molar refractivity (Wildman–Crippen MR) is 63.2 cm³/mol. The van der Waals surface area contributed by atoms with E-state index in [1.54, 1.807) is 12.4 Å². The molecule has 17 heavy (non-hydrogen) atoms. The number of hydrogen-bond acceptors (Lipinski definition) is 6. The molecule has 2 heterocycles. The van der Waals surface area contributed by atoms with Crippen LogP contribution in [0.2, 0.25) is 0 Å². The standard InChI is InChI=1S/C10H10N4O2S/c1-6-8(9(15)16)3-12-10(14-6)11-2-7-4-17-5-13-7/h3-5H,2H2,1H3,(H,15,16)(H,11,12,14). The number of nitrogens with zero attached hydrogens (tertiary/aromatic N) is 3.